The zero-order valence-electron chi connectivity index (χ0n) is 5.02. The average molecular weight is 361 g/mol. The van der Waals surface area contributed by atoms with Gasteiger partial charge in [0, 0.05) is 0 Å². The van der Waals surface area contributed by atoms with E-state index < -0.39 is 5.52 Å². The molecular formula is C3H9I2NOS. The summed E-state index contributed by atoms with van der Waals surface area (Å²) >= 11 is 3.60. The van der Waals surface area contributed by atoms with Crippen LogP contribution in [0.1, 0.15) is 0 Å². The number of hydrogen-bond acceptors (Lipinski definition) is 2. The zero-order chi connectivity index (χ0) is 7.15. The summed E-state index contributed by atoms with van der Waals surface area (Å²) in [5.74, 6) is 0. The zero-order valence-corrected chi connectivity index (χ0v) is 10.2. The van der Waals surface area contributed by atoms with Crippen LogP contribution in [0.25, 0.3) is 0 Å². The molecule has 5 heteroatoms. The second-order valence-corrected chi connectivity index (χ2v) is 11.8. The quantitative estimate of drug-likeness (QED) is 0.484. The SMILES string of the molecule is CN(C)C.[O-][S+](I)I. The van der Waals surface area contributed by atoms with E-state index in [1.807, 2.05) is 26.0 Å². The summed E-state index contributed by atoms with van der Waals surface area (Å²) in [5, 5.41) is 0. The fourth-order valence-corrected chi connectivity index (χ4v) is 0. The summed E-state index contributed by atoms with van der Waals surface area (Å²) in [5.41, 5.74) is -0.671. The van der Waals surface area contributed by atoms with Crippen LogP contribution >= 0.6 is 42.4 Å². The molecule has 0 aromatic heterocycles. The van der Waals surface area contributed by atoms with Gasteiger partial charge in [-0.15, -0.1) is 0 Å². The average Bonchev–Trinajstić information content (AvgIpc) is 1.25. The van der Waals surface area contributed by atoms with E-state index >= 15 is 0 Å². The van der Waals surface area contributed by atoms with Crippen LogP contribution in [0.5, 0.6) is 0 Å². The van der Waals surface area contributed by atoms with Crippen molar-refractivity contribution in [2.24, 2.45) is 0 Å². The van der Waals surface area contributed by atoms with E-state index in [9.17, 15) is 4.55 Å². The molecule has 0 amide bonds. The summed E-state index contributed by atoms with van der Waals surface area (Å²) in [6.45, 7) is 0. The Morgan fingerprint density at radius 2 is 1.25 bits per heavy atom. The van der Waals surface area contributed by atoms with Crippen molar-refractivity contribution in [3.8, 4) is 0 Å². The Labute approximate surface area is 77.7 Å². The molecule has 0 aliphatic heterocycles. The summed E-state index contributed by atoms with van der Waals surface area (Å²) < 4.78 is 9.53. The normalized spacial score (nSPS) is 9.00. The summed E-state index contributed by atoms with van der Waals surface area (Å²) in [7, 11) is 6.00. The van der Waals surface area contributed by atoms with Crippen LogP contribution in [0.2, 0.25) is 0 Å². The number of halogens is 2. The number of hydrogen-bond donors (Lipinski definition) is 0. The highest BCUT2D eigenvalue weighted by Gasteiger charge is 1.80. The van der Waals surface area contributed by atoms with E-state index in [1.165, 1.54) is 0 Å². The van der Waals surface area contributed by atoms with E-state index in [4.69, 9.17) is 0 Å². The van der Waals surface area contributed by atoms with Crippen molar-refractivity contribution in [2.45, 2.75) is 0 Å². The van der Waals surface area contributed by atoms with Gasteiger partial charge in [-0.3, -0.25) is 0 Å². The Hall–Kier alpha value is 1.73. The molecule has 0 spiro atoms. The van der Waals surface area contributed by atoms with Crippen LogP contribution in [0, 0.1) is 0 Å². The van der Waals surface area contributed by atoms with E-state index in [0.29, 0.717) is 0 Å². The van der Waals surface area contributed by atoms with E-state index in [0.717, 1.165) is 0 Å². The smallest absolute Gasteiger partial charge is 0.259 e. The second-order valence-electron chi connectivity index (χ2n) is 1.53. The van der Waals surface area contributed by atoms with Gasteiger partial charge >= 0.3 is 0 Å². The van der Waals surface area contributed by atoms with Crippen LogP contribution in [0.4, 0.5) is 0 Å². The molecule has 0 aliphatic carbocycles. The first-order valence-electron chi connectivity index (χ1n) is 1.82. The topological polar surface area (TPSA) is 26.3 Å². The van der Waals surface area contributed by atoms with Gasteiger partial charge in [0.15, 0.2) is 0 Å². The lowest BCUT2D eigenvalue weighted by Crippen LogP contribution is -1.99. The minimum atomic E-state index is -0.671. The molecule has 0 aromatic rings. The lowest BCUT2D eigenvalue weighted by Gasteiger charge is -1.90. The molecule has 0 fully saturated rings. The highest BCUT2D eigenvalue weighted by Crippen LogP contribution is 2.08. The molecule has 0 heterocycles. The predicted octanol–water partition coefficient (Wildman–Crippen LogP) is 1.61. The fraction of sp³-hybridized carbons (Fsp3) is 1.00. The Balaban J connectivity index is 0. The van der Waals surface area contributed by atoms with Gasteiger partial charge in [-0.1, -0.05) is 0 Å². The molecule has 0 saturated heterocycles. The van der Waals surface area contributed by atoms with Crippen LogP contribution in [-0.4, -0.2) is 30.6 Å². The minimum Gasteiger partial charge on any atom is -0.601 e. The monoisotopic (exact) mass is 361 g/mol. The molecule has 0 radical (unpaired) electrons. The van der Waals surface area contributed by atoms with Gasteiger partial charge in [-0.05, 0) is 21.1 Å². The molecule has 0 atom stereocenters. The van der Waals surface area contributed by atoms with Crippen molar-refractivity contribution >= 4 is 47.9 Å². The van der Waals surface area contributed by atoms with E-state index in [2.05, 4.69) is 0 Å². The minimum absolute atomic E-state index is 0.671. The summed E-state index contributed by atoms with van der Waals surface area (Å²) in [6, 6.07) is 0. The molecule has 0 rings (SSSR count). The molecule has 0 aliphatic rings. The van der Waals surface area contributed by atoms with Crippen LogP contribution in [-0.2, 0) is 5.52 Å². The molecule has 2 nitrogen and oxygen atoms in total. The molecule has 0 aromatic carbocycles. The Morgan fingerprint density at radius 1 is 1.25 bits per heavy atom. The third-order valence-electron chi connectivity index (χ3n) is 0. The molecule has 0 unspecified atom stereocenters. The van der Waals surface area contributed by atoms with Crippen molar-refractivity contribution in [3.05, 3.63) is 0 Å². The van der Waals surface area contributed by atoms with E-state index in [1.54, 1.807) is 42.4 Å². The van der Waals surface area contributed by atoms with Gasteiger partial charge in [-0.25, -0.2) is 0 Å². The highest BCUT2D eigenvalue weighted by atomic mass is 127. The Kier molecular flexibility index (Phi) is 13.5. The maximum Gasteiger partial charge on any atom is 0.259 e. The predicted molar refractivity (Wildman–Crippen MR) is 55.8 cm³/mol. The fourth-order valence-electron chi connectivity index (χ4n) is 0. The Bertz CT molecular complexity index is 32.8. The molecule has 0 bridgehead atoms. The van der Waals surface area contributed by atoms with Gasteiger partial charge in [0.1, 0.15) is 0 Å². The van der Waals surface area contributed by atoms with E-state index in [-0.39, 0.29) is 0 Å². The highest BCUT2D eigenvalue weighted by molar-refractivity contribution is 14.3. The summed E-state index contributed by atoms with van der Waals surface area (Å²) in [6.07, 6.45) is 0. The Morgan fingerprint density at radius 3 is 1.25 bits per heavy atom. The van der Waals surface area contributed by atoms with Gasteiger partial charge in [0.2, 0.25) is 0 Å². The van der Waals surface area contributed by atoms with Crippen molar-refractivity contribution in [3.63, 3.8) is 0 Å². The second kappa shape index (κ2) is 8.73. The number of nitrogens with zero attached hydrogens (tertiary/aromatic N) is 1. The molecule has 0 N–H and O–H groups in total. The van der Waals surface area contributed by atoms with Gasteiger partial charge < -0.3 is 9.45 Å². The first kappa shape index (κ1) is 12.4. The molecule has 8 heavy (non-hydrogen) atoms. The van der Waals surface area contributed by atoms with Gasteiger partial charge in [-0.2, -0.15) is 0 Å². The van der Waals surface area contributed by atoms with Crippen molar-refractivity contribution in [1.29, 1.82) is 0 Å². The standard InChI is InChI=1S/C3H9N.I2OS/c2*1-4(2)3/h1-3H3;. The van der Waals surface area contributed by atoms with Crippen molar-refractivity contribution in [2.75, 3.05) is 21.1 Å². The molecular weight excluding hydrogens is 352 g/mol. The first-order valence-corrected chi connectivity index (χ1v) is 8.05. The molecule has 0 saturated carbocycles. The van der Waals surface area contributed by atoms with Crippen LogP contribution in [0.3, 0.4) is 0 Å². The van der Waals surface area contributed by atoms with Crippen LogP contribution in [0.15, 0.2) is 0 Å². The third kappa shape index (κ3) is 117. The lowest BCUT2D eigenvalue weighted by atomic mass is 11.0. The molecule has 52 valence electrons. The largest absolute Gasteiger partial charge is 0.601 e. The third-order valence-corrected chi connectivity index (χ3v) is 0. The van der Waals surface area contributed by atoms with Crippen LogP contribution < -0.4 is 0 Å². The van der Waals surface area contributed by atoms with Gasteiger partial charge in [0.05, 0.1) is 5.52 Å². The maximum atomic E-state index is 9.53. The van der Waals surface area contributed by atoms with Crippen molar-refractivity contribution in [1.82, 2.24) is 4.90 Å². The number of rotatable bonds is 0. The van der Waals surface area contributed by atoms with Crippen molar-refractivity contribution < 1.29 is 4.55 Å². The lowest BCUT2D eigenvalue weighted by molar-refractivity contribution is 0.505. The summed E-state index contributed by atoms with van der Waals surface area (Å²) in [4.78, 5) is 2.00. The van der Waals surface area contributed by atoms with Gasteiger partial charge in [0.25, 0.3) is 42.4 Å². The first-order chi connectivity index (χ1) is 3.46. The maximum absolute atomic E-state index is 9.53.